The molecule has 2 rings (SSSR count). The van der Waals surface area contributed by atoms with Gasteiger partial charge >= 0.3 is 0 Å². The van der Waals surface area contributed by atoms with Gasteiger partial charge in [-0.15, -0.1) is 0 Å². The Bertz CT molecular complexity index is 412. The molecule has 1 aromatic heterocycles. The fourth-order valence-electron chi connectivity index (χ4n) is 1.15. The molecule has 0 unspecified atom stereocenters. The first kappa shape index (κ1) is 8.37. The highest BCUT2D eigenvalue weighted by Crippen LogP contribution is 2.24. The number of hydrogen-bond acceptors (Lipinski definition) is 1. The average molecular weight is 293 g/mol. The van der Waals surface area contributed by atoms with Crippen LogP contribution in [-0.4, -0.2) is 3.97 Å². The van der Waals surface area contributed by atoms with E-state index in [2.05, 4.69) is 21.2 Å². The molecule has 1 heterocycles. The van der Waals surface area contributed by atoms with Crippen LogP contribution in [0.15, 0.2) is 30.5 Å². The number of benzene rings is 1. The number of rotatable bonds is 1. The zero-order chi connectivity index (χ0) is 8.55. The minimum Gasteiger partial charge on any atom is -0.283 e. The Morgan fingerprint density at radius 2 is 2.17 bits per heavy atom. The van der Waals surface area contributed by atoms with Crippen LogP contribution >= 0.6 is 30.3 Å². The van der Waals surface area contributed by atoms with E-state index in [0.29, 0.717) is 0 Å². The minimum atomic E-state index is -0.182. The predicted octanol–water partition coefficient (Wildman–Crippen LogP) is 3.63. The fourth-order valence-corrected chi connectivity index (χ4v) is 2.53. The van der Waals surface area contributed by atoms with E-state index in [1.54, 1.807) is 21.3 Å². The van der Waals surface area contributed by atoms with Crippen molar-refractivity contribution < 1.29 is 4.39 Å². The van der Waals surface area contributed by atoms with Crippen LogP contribution in [0.1, 0.15) is 0 Å². The molecule has 0 fully saturated rings. The van der Waals surface area contributed by atoms with Crippen molar-refractivity contribution in [1.29, 1.82) is 0 Å². The summed E-state index contributed by atoms with van der Waals surface area (Å²) in [5, 5.41) is 0.944. The summed E-state index contributed by atoms with van der Waals surface area (Å²) in [7, 11) is 1.58. The molecule has 1 nitrogen and oxygen atoms in total. The van der Waals surface area contributed by atoms with Crippen LogP contribution in [0.3, 0.4) is 0 Å². The lowest BCUT2D eigenvalue weighted by molar-refractivity contribution is 0.629. The molecule has 2 aromatic rings. The van der Waals surface area contributed by atoms with Gasteiger partial charge in [0.15, 0.2) is 0 Å². The second-order valence-corrected chi connectivity index (χ2v) is 4.13. The van der Waals surface area contributed by atoms with E-state index < -0.39 is 0 Å². The van der Waals surface area contributed by atoms with Crippen LogP contribution in [0, 0.1) is 5.82 Å². The number of halogens is 2. The first-order valence-corrected chi connectivity index (χ1v) is 6.68. The van der Waals surface area contributed by atoms with E-state index in [1.165, 1.54) is 6.07 Å². The zero-order valence-electron chi connectivity index (χ0n) is 6.00. The molecule has 0 spiro atoms. The van der Waals surface area contributed by atoms with Crippen LogP contribution in [0.25, 0.3) is 10.9 Å². The molecule has 0 bridgehead atoms. The number of fused-ring (bicyclic) bond motifs is 1. The second-order valence-electron chi connectivity index (χ2n) is 2.41. The molecule has 0 aliphatic heterocycles. The number of hydrogen-bond donors (Lipinski definition) is 0. The van der Waals surface area contributed by atoms with Gasteiger partial charge in [0, 0.05) is 41.9 Å². The molecule has 0 radical (unpaired) electrons. The molecule has 12 heavy (non-hydrogen) atoms. The van der Waals surface area contributed by atoms with Crippen molar-refractivity contribution in [2.24, 2.45) is 0 Å². The lowest BCUT2D eigenvalue weighted by atomic mass is 10.2. The summed E-state index contributed by atoms with van der Waals surface area (Å²) in [6, 6.07) is 6.71. The molecule has 62 valence electrons. The summed E-state index contributed by atoms with van der Waals surface area (Å²) in [5.74, 6) is -0.182. The third-order valence-electron chi connectivity index (χ3n) is 1.69. The van der Waals surface area contributed by atoms with Gasteiger partial charge in [-0.1, -0.05) is 0 Å². The summed E-state index contributed by atoms with van der Waals surface area (Å²) >= 11 is 2.19. The van der Waals surface area contributed by atoms with Crippen LogP contribution in [0.4, 0.5) is 4.39 Å². The van der Waals surface area contributed by atoms with Crippen molar-refractivity contribution in [3.05, 3.63) is 36.3 Å². The Kier molecular flexibility index (Phi) is 2.27. The highest BCUT2D eigenvalue weighted by molar-refractivity contribution is 14.2. The molecule has 0 aliphatic rings. The largest absolute Gasteiger partial charge is 0.283 e. The molecule has 0 aliphatic carbocycles. The molecule has 0 saturated heterocycles. The second kappa shape index (κ2) is 3.26. The van der Waals surface area contributed by atoms with Gasteiger partial charge in [0.25, 0.3) is 0 Å². The highest BCUT2D eigenvalue weighted by atomic mass is 127. The summed E-state index contributed by atoms with van der Waals surface area (Å²) in [4.78, 5) is 0. The third kappa shape index (κ3) is 1.33. The highest BCUT2D eigenvalue weighted by Gasteiger charge is 2.00. The Morgan fingerprint density at radius 1 is 1.33 bits per heavy atom. The van der Waals surface area contributed by atoms with Gasteiger partial charge < -0.3 is 0 Å². The Morgan fingerprint density at radius 3 is 2.92 bits per heavy atom. The first-order valence-electron chi connectivity index (χ1n) is 3.37. The van der Waals surface area contributed by atoms with Gasteiger partial charge in [-0.2, -0.15) is 0 Å². The smallest absolute Gasteiger partial charge is 0.123 e. The quantitative estimate of drug-likeness (QED) is 0.727. The van der Waals surface area contributed by atoms with Crippen molar-refractivity contribution in [2.75, 3.05) is 0 Å². The lowest BCUT2D eigenvalue weighted by Gasteiger charge is -1.96. The van der Waals surface area contributed by atoms with Crippen LogP contribution in [-0.2, 0) is 0 Å². The molecule has 0 N–H and O–H groups in total. The Hall–Kier alpha value is -0.230. The number of nitrogens with zero attached hydrogens (tertiary/aromatic N) is 1. The van der Waals surface area contributed by atoms with Crippen LogP contribution in [0.2, 0.25) is 0 Å². The maximum Gasteiger partial charge on any atom is 0.123 e. The van der Waals surface area contributed by atoms with E-state index in [1.807, 2.05) is 16.2 Å². The van der Waals surface area contributed by atoms with Crippen molar-refractivity contribution >= 4 is 41.2 Å². The van der Waals surface area contributed by atoms with E-state index in [-0.39, 0.29) is 5.82 Å². The molecule has 4 heteroatoms. The average Bonchev–Trinajstić information content (AvgIpc) is 2.46. The van der Waals surface area contributed by atoms with Crippen molar-refractivity contribution in [3.8, 4) is 0 Å². The van der Waals surface area contributed by atoms with Gasteiger partial charge in [0.2, 0.25) is 0 Å². The summed E-state index contributed by atoms with van der Waals surface area (Å²) < 4.78 is 14.7. The van der Waals surface area contributed by atoms with Crippen molar-refractivity contribution in [1.82, 2.24) is 3.97 Å². The van der Waals surface area contributed by atoms with Crippen molar-refractivity contribution in [2.45, 2.75) is 0 Å². The predicted molar refractivity (Wildman–Crippen MR) is 58.9 cm³/mol. The van der Waals surface area contributed by atoms with Gasteiger partial charge in [-0.25, -0.2) is 4.39 Å². The van der Waals surface area contributed by atoms with E-state index in [4.69, 9.17) is 0 Å². The maximum absolute atomic E-state index is 12.7. The SMILES string of the molecule is Fc1ccc2c(ccn2SI)c1. The topological polar surface area (TPSA) is 4.93 Å². The zero-order valence-corrected chi connectivity index (χ0v) is 8.97. The molecular formula is C8H5FINS. The van der Waals surface area contributed by atoms with E-state index in [0.717, 1.165) is 10.9 Å². The van der Waals surface area contributed by atoms with Gasteiger partial charge in [0.05, 0.1) is 5.52 Å². The monoisotopic (exact) mass is 293 g/mol. The van der Waals surface area contributed by atoms with E-state index >= 15 is 0 Å². The van der Waals surface area contributed by atoms with Gasteiger partial charge in [-0.05, 0) is 24.3 Å². The van der Waals surface area contributed by atoms with Gasteiger partial charge in [-0.3, -0.25) is 3.97 Å². The molecule has 0 amide bonds. The molecule has 0 saturated carbocycles. The van der Waals surface area contributed by atoms with Gasteiger partial charge in [0.1, 0.15) is 5.82 Å². The maximum atomic E-state index is 12.7. The summed E-state index contributed by atoms with van der Waals surface area (Å²) in [5.41, 5.74) is 1.05. The Labute approximate surface area is 85.7 Å². The third-order valence-corrected chi connectivity index (χ3v) is 3.43. The number of aromatic nitrogens is 1. The Balaban J connectivity index is 2.73. The summed E-state index contributed by atoms with van der Waals surface area (Å²) in [6.07, 6.45) is 1.93. The minimum absolute atomic E-state index is 0.182. The normalized spacial score (nSPS) is 10.8. The lowest BCUT2D eigenvalue weighted by Crippen LogP contribution is -1.78. The molecular weight excluding hydrogens is 288 g/mol. The fraction of sp³-hybridized carbons (Fsp3) is 0. The van der Waals surface area contributed by atoms with Crippen molar-refractivity contribution in [3.63, 3.8) is 0 Å². The first-order chi connectivity index (χ1) is 5.81. The standard InChI is InChI=1S/C8H5FINS/c9-7-1-2-8-6(5-7)3-4-11(8)12-10/h1-5H. The van der Waals surface area contributed by atoms with Crippen LogP contribution < -0.4 is 0 Å². The molecule has 1 aromatic carbocycles. The molecule has 0 atom stereocenters. The van der Waals surface area contributed by atoms with Crippen LogP contribution in [0.5, 0.6) is 0 Å². The van der Waals surface area contributed by atoms with E-state index in [9.17, 15) is 4.39 Å². The summed E-state index contributed by atoms with van der Waals surface area (Å²) in [6.45, 7) is 0.